The Morgan fingerprint density at radius 3 is 2.40 bits per heavy atom. The van der Waals surface area contributed by atoms with Crippen molar-refractivity contribution in [3.8, 4) is 0 Å². The third-order valence-electron chi connectivity index (χ3n) is 19.2. The standard InChI is InChI=1S/C48H79N5O9/c1-4-23(11-13-51-3)47(59)61-37-19-33-43(58)41-36(57)18-28(21-54)60-45(41)42-39-31-12-14-52-46(50)40(31)30(10-6-24-5-8-27(56)17-32(24)34(39)22-55)29-9-7-25-16-38(49)53-20-26(25)15-35(29)48(37,2)62-44(33)42/h4,24-35,37-46,51-56,58H,5-22,49-50H2,1-3H3/t24?,25?,26?,27?,28?,29-,30?,31?,32?,33?,34?,35+,37-,38?,39?,40?,41?,42?,43?,44?,45?,46?,48-/m0/s1. The van der Waals surface area contributed by atoms with E-state index in [0.29, 0.717) is 49.1 Å². The van der Waals surface area contributed by atoms with Crippen LogP contribution in [-0.4, -0.2) is 127 Å². The second kappa shape index (κ2) is 18.6. The van der Waals surface area contributed by atoms with Gasteiger partial charge in [-0.2, -0.15) is 0 Å². The largest absolute Gasteiger partial charge is 0.456 e. The van der Waals surface area contributed by atoms with Gasteiger partial charge in [0.15, 0.2) is 0 Å². The van der Waals surface area contributed by atoms with Crippen LogP contribution in [0.15, 0.2) is 11.6 Å². The van der Waals surface area contributed by atoms with Gasteiger partial charge in [0.25, 0.3) is 0 Å². The summed E-state index contributed by atoms with van der Waals surface area (Å²) in [6, 6.07) is 0. The molecular formula is C48H79N5O9. The molecule has 0 spiro atoms. The number of allylic oxidation sites excluding steroid dienone is 1. The summed E-state index contributed by atoms with van der Waals surface area (Å²) < 4.78 is 21.8. The van der Waals surface area contributed by atoms with Gasteiger partial charge in [0.05, 0.1) is 55.4 Å². The summed E-state index contributed by atoms with van der Waals surface area (Å²) in [4.78, 5) is 28.9. The highest BCUT2D eigenvalue weighted by atomic mass is 16.6. The molecule has 4 bridgehead atoms. The summed E-state index contributed by atoms with van der Waals surface area (Å²) in [5, 5.41) is 57.2. The van der Waals surface area contributed by atoms with Crippen molar-refractivity contribution in [2.45, 2.75) is 152 Å². The Hall–Kier alpha value is -1.56. The quantitative estimate of drug-likeness (QED) is 0.131. The van der Waals surface area contributed by atoms with Gasteiger partial charge >= 0.3 is 5.97 Å². The number of carbonyl (C=O) groups excluding carboxylic acids is 2. The van der Waals surface area contributed by atoms with Crippen molar-refractivity contribution in [2.24, 2.45) is 94.3 Å². The lowest BCUT2D eigenvalue weighted by molar-refractivity contribution is -0.315. The Balaban J connectivity index is 1.27. The number of esters is 1. The zero-order valence-corrected chi connectivity index (χ0v) is 37.5. The van der Waals surface area contributed by atoms with Crippen LogP contribution in [-0.2, 0) is 23.8 Å². The zero-order valence-electron chi connectivity index (χ0n) is 37.5. The van der Waals surface area contributed by atoms with Crippen LogP contribution < -0.4 is 27.4 Å². The molecule has 0 amide bonds. The number of piperidine rings is 2. The molecule has 350 valence electrons. The first-order valence-electron chi connectivity index (χ1n) is 24.8. The van der Waals surface area contributed by atoms with E-state index in [-0.39, 0.29) is 91.1 Å². The molecule has 14 nitrogen and oxygen atoms in total. The van der Waals surface area contributed by atoms with Crippen molar-refractivity contribution >= 4 is 11.8 Å². The Morgan fingerprint density at radius 1 is 0.871 bits per heavy atom. The lowest BCUT2D eigenvalue weighted by Gasteiger charge is -2.64. The lowest BCUT2D eigenvalue weighted by atomic mass is 9.49. The summed E-state index contributed by atoms with van der Waals surface area (Å²) >= 11 is 0. The fourth-order valence-electron chi connectivity index (χ4n) is 16.4. The summed E-state index contributed by atoms with van der Waals surface area (Å²) in [7, 11) is 1.87. The third kappa shape index (κ3) is 7.98. The zero-order chi connectivity index (χ0) is 43.6. The number of Topliss-reactive ketones (excluding diaryl/α,β-unsaturated/α-hetero) is 1. The predicted molar refractivity (Wildman–Crippen MR) is 232 cm³/mol. The van der Waals surface area contributed by atoms with E-state index < -0.39 is 60.0 Å². The molecule has 19 unspecified atom stereocenters. The Bertz CT molecular complexity index is 1640. The minimum atomic E-state index is -1.13. The molecule has 0 aromatic heterocycles. The van der Waals surface area contributed by atoms with E-state index in [0.717, 1.165) is 70.9 Å². The van der Waals surface area contributed by atoms with Gasteiger partial charge < -0.3 is 62.1 Å². The average Bonchev–Trinajstić information content (AvgIpc) is 3.41. The SMILES string of the molecule is CC=C(CCNC)C(=O)O[C@H]1CC2C(O)C3C(=O)CC(CO)OC3C3C2O[C@@]1(C)[C@@H]1CC2CNC(N)CC2CC[C@H]1C1CCC2CCC(O)CC2C(CO)C3C2CCNC(N)C21. The number of ketones is 1. The number of ether oxygens (including phenoxy) is 3. The summed E-state index contributed by atoms with van der Waals surface area (Å²) in [6.07, 6.45) is 6.71. The molecular weight excluding hydrogens is 791 g/mol. The normalized spacial score (nSPS) is 51.7. The maximum absolute atomic E-state index is 14.5. The molecule has 9 fully saturated rings. The molecule has 62 heavy (non-hydrogen) atoms. The number of aliphatic hydroxyl groups is 4. The van der Waals surface area contributed by atoms with E-state index in [2.05, 4.69) is 22.9 Å². The fraction of sp³-hybridized carbons (Fsp3) is 0.917. The van der Waals surface area contributed by atoms with Crippen molar-refractivity contribution < 1.29 is 44.2 Å². The molecule has 5 heterocycles. The highest BCUT2D eigenvalue weighted by Crippen LogP contribution is 2.63. The first-order chi connectivity index (χ1) is 29.9. The molecule has 5 saturated heterocycles. The molecule has 0 radical (unpaired) electrons. The Labute approximate surface area is 368 Å². The van der Waals surface area contributed by atoms with Gasteiger partial charge in [-0.05, 0) is 183 Å². The number of carbonyl (C=O) groups is 2. The molecule has 4 aliphatic carbocycles. The van der Waals surface area contributed by atoms with Crippen LogP contribution in [0.5, 0.6) is 0 Å². The van der Waals surface area contributed by atoms with Gasteiger partial charge in [0.2, 0.25) is 0 Å². The number of hydrogen-bond donors (Lipinski definition) is 9. The smallest absolute Gasteiger partial charge is 0.334 e. The first-order valence-corrected chi connectivity index (χ1v) is 24.8. The number of hydrogen-bond acceptors (Lipinski definition) is 14. The average molecular weight is 870 g/mol. The second-order valence-electron chi connectivity index (χ2n) is 21.8. The monoisotopic (exact) mass is 870 g/mol. The van der Waals surface area contributed by atoms with Crippen LogP contribution >= 0.6 is 0 Å². The maximum Gasteiger partial charge on any atom is 0.334 e. The summed E-state index contributed by atoms with van der Waals surface area (Å²) in [5.41, 5.74) is 13.7. The van der Waals surface area contributed by atoms with Crippen molar-refractivity contribution in [2.75, 3.05) is 39.9 Å². The molecule has 4 saturated carbocycles. The van der Waals surface area contributed by atoms with Crippen molar-refractivity contribution in [1.82, 2.24) is 16.0 Å². The highest BCUT2D eigenvalue weighted by Gasteiger charge is 2.68. The van der Waals surface area contributed by atoms with Gasteiger partial charge in [-0.1, -0.05) is 6.08 Å². The molecule has 23 atom stereocenters. The fourth-order valence-corrected chi connectivity index (χ4v) is 16.4. The highest BCUT2D eigenvalue weighted by molar-refractivity contribution is 5.88. The van der Waals surface area contributed by atoms with E-state index in [1.807, 2.05) is 20.0 Å². The first kappa shape index (κ1) is 45.6. The minimum Gasteiger partial charge on any atom is -0.456 e. The molecule has 9 rings (SSSR count). The maximum atomic E-state index is 14.5. The second-order valence-corrected chi connectivity index (χ2v) is 21.8. The summed E-state index contributed by atoms with van der Waals surface area (Å²) in [6.45, 7) is 5.80. The Kier molecular flexibility index (Phi) is 13.7. The number of nitrogens with one attached hydrogen (secondary N) is 3. The Morgan fingerprint density at radius 2 is 1.65 bits per heavy atom. The van der Waals surface area contributed by atoms with Crippen LogP contribution in [0.25, 0.3) is 0 Å². The van der Waals surface area contributed by atoms with E-state index in [4.69, 9.17) is 25.7 Å². The van der Waals surface area contributed by atoms with Crippen molar-refractivity contribution in [1.29, 1.82) is 0 Å². The number of fused-ring (bicyclic) bond motifs is 9. The molecule has 9 aliphatic rings. The van der Waals surface area contributed by atoms with Gasteiger partial charge in [-0.3, -0.25) is 4.79 Å². The molecule has 11 N–H and O–H groups in total. The molecule has 0 aromatic rings. The van der Waals surface area contributed by atoms with Crippen LogP contribution in [0.2, 0.25) is 0 Å². The predicted octanol–water partition coefficient (Wildman–Crippen LogP) is 1.81. The van der Waals surface area contributed by atoms with E-state index in [1.54, 1.807) is 0 Å². The van der Waals surface area contributed by atoms with Crippen molar-refractivity contribution in [3.05, 3.63) is 11.6 Å². The number of rotatable bonds is 7. The molecule has 5 aliphatic heterocycles. The van der Waals surface area contributed by atoms with E-state index in [1.165, 1.54) is 0 Å². The lowest BCUT2D eigenvalue weighted by Crippen LogP contribution is -2.72. The van der Waals surface area contributed by atoms with Crippen LogP contribution in [0, 0.1) is 82.9 Å². The van der Waals surface area contributed by atoms with Crippen LogP contribution in [0.4, 0.5) is 0 Å². The van der Waals surface area contributed by atoms with Crippen molar-refractivity contribution in [3.63, 3.8) is 0 Å². The molecule has 14 heteroatoms. The topological polar surface area (TPSA) is 231 Å². The minimum absolute atomic E-state index is 0.00382. The van der Waals surface area contributed by atoms with Crippen LogP contribution in [0.1, 0.15) is 97.3 Å². The molecule has 0 aromatic carbocycles. The van der Waals surface area contributed by atoms with Gasteiger partial charge in [-0.25, -0.2) is 4.79 Å². The summed E-state index contributed by atoms with van der Waals surface area (Å²) in [5.74, 6) is -1.36. The number of nitrogens with two attached hydrogens (primary N) is 2. The van der Waals surface area contributed by atoms with Gasteiger partial charge in [0, 0.05) is 30.4 Å². The third-order valence-corrected chi connectivity index (χ3v) is 19.2. The number of aliphatic hydroxyl groups excluding tert-OH is 4. The van der Waals surface area contributed by atoms with Crippen LogP contribution in [0.3, 0.4) is 0 Å². The van der Waals surface area contributed by atoms with Gasteiger partial charge in [0.1, 0.15) is 17.5 Å². The van der Waals surface area contributed by atoms with E-state index in [9.17, 15) is 30.0 Å². The van der Waals surface area contributed by atoms with E-state index >= 15 is 0 Å². The van der Waals surface area contributed by atoms with Gasteiger partial charge in [-0.15, -0.1) is 0 Å².